The summed E-state index contributed by atoms with van der Waals surface area (Å²) in [6.07, 6.45) is 6.52. The molecule has 148 heavy (non-hydrogen) atoms. The van der Waals surface area contributed by atoms with E-state index in [1.807, 2.05) is 115 Å². The SMILES string of the molecule is CC(=O)CSC1=NN=C(c2cc(-c3ccc4ccccc4c3)cc(-c3cnco3)c2)C1.CC(=O)CSC1=NN=C(c2cc(C#N)cc(-c3ccc4ccccc4c3)c2)C1.CC(=O)CSC1=NN=C(c2cc(CC#N)cc(-c3ccc4ccccc4c3)c2)C1.CC(=O)CSC1=[NH+]N=C(c2cc(N=O)cc(-c3ccc4ccccc4c3)c2)C1.COc1ccc2cc(-c3cc(N=O)cc(C4=N[NH+]=C(SCC(C)=O)C4)c3)ccc2c1.[OH-].[OH-]. The van der Waals surface area contributed by atoms with Crippen molar-refractivity contribution in [2.75, 3.05) is 35.9 Å². The third-order valence-corrected chi connectivity index (χ3v) is 29.3. The fourth-order valence-corrected chi connectivity index (χ4v) is 20.1. The van der Waals surface area contributed by atoms with Crippen molar-refractivity contribution in [1.29, 1.82) is 10.5 Å². The van der Waals surface area contributed by atoms with Crippen molar-refractivity contribution in [2.45, 2.75) is 73.1 Å². The lowest BCUT2D eigenvalue weighted by atomic mass is 9.94. The molecule has 0 amide bonds. The van der Waals surface area contributed by atoms with E-state index in [1.54, 1.807) is 72.2 Å². The Labute approximate surface area is 873 Å². The van der Waals surface area contributed by atoms with E-state index in [0.29, 0.717) is 90.0 Å². The van der Waals surface area contributed by atoms with Crippen LogP contribution < -0.4 is 14.9 Å². The first kappa shape index (κ1) is 106. The van der Waals surface area contributed by atoms with Crippen molar-refractivity contribution in [2.24, 2.45) is 51.2 Å². The maximum absolute atomic E-state index is 11.3. The number of oxazole rings is 1. The van der Waals surface area contributed by atoms with Crippen LogP contribution in [0.4, 0.5) is 11.4 Å². The van der Waals surface area contributed by atoms with E-state index in [0.717, 1.165) is 176 Å². The summed E-state index contributed by atoms with van der Waals surface area (Å²) >= 11 is 7.23. The molecule has 21 rings (SSSR count). The van der Waals surface area contributed by atoms with Crippen LogP contribution in [0.25, 0.3) is 121 Å². The molecule has 1 aromatic heterocycles. The third kappa shape index (κ3) is 27.8. The van der Waals surface area contributed by atoms with Crippen LogP contribution in [-0.2, 0) is 30.4 Å². The van der Waals surface area contributed by atoms with Gasteiger partial charge in [-0.15, -0.1) is 60.4 Å². The summed E-state index contributed by atoms with van der Waals surface area (Å²) in [6, 6.07) is 104. The van der Waals surface area contributed by atoms with Gasteiger partial charge < -0.3 is 20.1 Å². The molecule has 0 atom stereocenters. The Kier molecular flexibility index (Phi) is 36.0. The summed E-state index contributed by atoms with van der Waals surface area (Å²) in [5, 5.41) is 81.5. The predicted octanol–water partition coefficient (Wildman–Crippen LogP) is 23.9. The highest BCUT2D eigenvalue weighted by Crippen LogP contribution is 2.39. The van der Waals surface area contributed by atoms with Crippen LogP contribution >= 0.6 is 58.8 Å². The number of nitroso groups, excluding NO2 is 2. The Hall–Kier alpha value is -16.5. The molecule has 31 heteroatoms. The maximum Gasteiger partial charge on any atom is 0.246 e. The maximum atomic E-state index is 11.3. The molecular formula is C117H95N15O11S5. The van der Waals surface area contributed by atoms with E-state index in [1.165, 1.54) is 97.5 Å². The van der Waals surface area contributed by atoms with Gasteiger partial charge in [0, 0.05) is 41.5 Å². The van der Waals surface area contributed by atoms with Gasteiger partial charge >= 0.3 is 0 Å². The summed E-state index contributed by atoms with van der Waals surface area (Å²) in [5.74, 6) is 4.20. The minimum atomic E-state index is 0. The number of ether oxygens (including phenoxy) is 1. The number of methoxy groups -OCH3 is 1. The summed E-state index contributed by atoms with van der Waals surface area (Å²) in [6.45, 7) is 7.86. The Morgan fingerprint density at radius 3 is 1.01 bits per heavy atom. The number of Topliss-reactive ketones (excluding diaryl/α,β-unsaturated/α-hetero) is 5. The lowest BCUT2D eigenvalue weighted by molar-refractivity contribution is -0.455. The molecule has 5 aliphatic heterocycles. The quantitative estimate of drug-likeness (QED) is 0.0502. The largest absolute Gasteiger partial charge is 0.870 e. The Balaban J connectivity index is 0.000000138. The number of nitriles is 2. The van der Waals surface area contributed by atoms with Crippen LogP contribution in [0.5, 0.6) is 5.75 Å². The van der Waals surface area contributed by atoms with Gasteiger partial charge in [0.15, 0.2) is 12.2 Å². The molecule has 5 aliphatic rings. The molecule has 0 saturated carbocycles. The lowest BCUT2D eigenvalue weighted by Gasteiger charge is -2.10. The first-order valence-electron chi connectivity index (χ1n) is 46.6. The number of thioether (sulfide) groups is 5. The minimum absolute atomic E-state index is 0. The van der Waals surface area contributed by atoms with Crippen LogP contribution in [0.1, 0.15) is 106 Å². The molecule has 0 radical (unpaired) electrons. The molecule has 26 nitrogen and oxygen atoms in total. The molecule has 15 aromatic carbocycles. The first-order chi connectivity index (χ1) is 71.1. The number of ketones is 5. The highest BCUT2D eigenvalue weighted by molar-refractivity contribution is 8.15. The summed E-state index contributed by atoms with van der Waals surface area (Å²) in [4.78, 5) is 82.7. The van der Waals surface area contributed by atoms with Crippen molar-refractivity contribution >= 4 is 207 Å². The zero-order valence-corrected chi connectivity index (χ0v) is 85.2. The number of benzene rings is 15. The standard InChI is InChI=1S/C25H19N3O2S.C24H19N3OS.C23H19N3O3S.C23H17N3OS.C22H17N3O2S.2H2O/c1-16(29)14-31-25-12-23(27-28-25)21-9-20(10-22(11-21)24-13-26-15-30-24)19-7-6-17-4-2-3-5-18(17)8-19;1-16(28)15-29-24-14-23(26-27-24)22-11-17(8-9-25)10-21(13-22)20-7-6-18-4-2-3-5-19(18)12-20;1-14(27)13-30-23-12-22(24-25-23)19-8-18(9-20(10-19)26-28)16-3-4-17-11-21(29-2)6-5-15(17)7-16;1-15(27)14-28-23-12-22(25-26-23)21-9-16(13-24)8-20(11-21)19-7-6-17-4-2-3-5-18(17)10-19;1-14(26)13-28-22-12-21(23-24-22)19-9-18(10-20(11-19)25-27)17-7-6-15-4-2-3-5-16(15)8-17;;/h2-11,13,15H,12,14H2,1H3;2-7,10-13H,8,14-15H2,1H3;3-11H,12-13H2,1-2H3;2-11H,12,14H2,1H3;2-11H,12-13H2,1H3;2*1H2. The monoisotopic (exact) mass is 2050 g/mol. The average Bonchev–Trinajstić information content (AvgIpc) is 1.33. The lowest BCUT2D eigenvalue weighted by Crippen LogP contribution is -2.62. The molecule has 0 aliphatic carbocycles. The third-order valence-electron chi connectivity index (χ3n) is 23.7. The topological polar surface area (TPSA) is 414 Å². The van der Waals surface area contributed by atoms with E-state index in [2.05, 4.69) is 236 Å². The van der Waals surface area contributed by atoms with Gasteiger partial charge in [0.25, 0.3) is 0 Å². The Morgan fingerprint density at radius 2 is 0.642 bits per heavy atom. The van der Waals surface area contributed by atoms with Crippen LogP contribution in [0.2, 0.25) is 0 Å². The second-order valence-corrected chi connectivity index (χ2v) is 40.2. The normalized spacial score (nSPS) is 13.0. The summed E-state index contributed by atoms with van der Waals surface area (Å²) in [7, 11) is 1.65. The summed E-state index contributed by atoms with van der Waals surface area (Å²) < 4.78 is 10.9. The van der Waals surface area contributed by atoms with Gasteiger partial charge in [0.2, 0.25) is 10.1 Å². The second kappa shape index (κ2) is 50.3. The van der Waals surface area contributed by atoms with Crippen molar-refractivity contribution in [3.8, 4) is 84.8 Å². The predicted molar refractivity (Wildman–Crippen MR) is 603 cm³/mol. The molecule has 0 unspecified atom stereocenters. The molecule has 0 bridgehead atoms. The van der Waals surface area contributed by atoms with Gasteiger partial charge in [0.1, 0.15) is 72.6 Å². The molecular weight excluding hydrogens is 1950 g/mol. The highest BCUT2D eigenvalue weighted by atomic mass is 32.2. The van der Waals surface area contributed by atoms with E-state index in [4.69, 9.17) is 9.15 Å². The molecule has 734 valence electrons. The van der Waals surface area contributed by atoms with Crippen LogP contribution in [0.3, 0.4) is 0 Å². The Bertz CT molecular complexity index is 8340. The van der Waals surface area contributed by atoms with Crippen molar-refractivity contribution < 1.29 is 54.3 Å². The fourth-order valence-electron chi connectivity index (χ4n) is 16.6. The second-order valence-electron chi connectivity index (χ2n) is 34.9. The number of nitrogens with zero attached hydrogens (tertiary/aromatic N) is 13. The number of hydrogen-bond acceptors (Lipinski definition) is 29. The van der Waals surface area contributed by atoms with Gasteiger partial charge in [0.05, 0.1) is 96.2 Å². The van der Waals surface area contributed by atoms with Gasteiger partial charge in [-0.25, -0.2) is 4.98 Å². The smallest absolute Gasteiger partial charge is 0.246 e. The number of rotatable bonds is 25. The zero-order chi connectivity index (χ0) is 102. The van der Waals surface area contributed by atoms with E-state index in [9.17, 15) is 44.3 Å². The van der Waals surface area contributed by atoms with Crippen molar-refractivity contribution in [3.63, 3.8) is 0 Å². The van der Waals surface area contributed by atoms with Crippen LogP contribution in [0, 0.1) is 32.5 Å². The van der Waals surface area contributed by atoms with E-state index in [-0.39, 0.29) is 39.9 Å². The van der Waals surface area contributed by atoms with E-state index < -0.39 is 0 Å². The zero-order valence-electron chi connectivity index (χ0n) is 81.1. The van der Waals surface area contributed by atoms with Gasteiger partial charge in [-0.2, -0.15) is 25.8 Å². The number of carbonyl (C=O) groups excluding carboxylic acids is 5. The van der Waals surface area contributed by atoms with Crippen molar-refractivity contribution in [3.05, 3.63) is 359 Å². The van der Waals surface area contributed by atoms with Gasteiger partial charge in [-0.05, 0) is 309 Å². The number of aromatic nitrogens is 1. The molecule has 0 spiro atoms. The first-order valence-corrected chi connectivity index (χ1v) is 51.5. The molecule has 0 fully saturated rings. The fraction of sp³-hybridized carbons (Fsp3) is 0.145. The molecule has 4 N–H and O–H groups in total. The molecule has 6 heterocycles. The minimum Gasteiger partial charge on any atom is -0.870 e. The summed E-state index contributed by atoms with van der Waals surface area (Å²) in [5.41, 5.74) is 22.2. The van der Waals surface area contributed by atoms with E-state index >= 15 is 0 Å². The Morgan fingerprint density at radius 1 is 0.338 bits per heavy atom. The highest BCUT2D eigenvalue weighted by Gasteiger charge is 2.28. The number of nitrogens with one attached hydrogen (secondary N) is 2. The van der Waals surface area contributed by atoms with Crippen LogP contribution in [0.15, 0.2) is 365 Å². The number of fused-ring (bicyclic) bond motifs is 5. The van der Waals surface area contributed by atoms with Crippen LogP contribution in [-0.4, -0.2) is 135 Å². The van der Waals surface area contributed by atoms with Gasteiger partial charge in [-0.1, -0.05) is 204 Å². The average molecular weight is 2050 g/mol. The molecule has 0 saturated heterocycles. The number of carbonyl (C=O) groups is 5. The molecule has 16 aromatic rings. The number of hydrogen-bond donors (Lipinski definition) is 2. The van der Waals surface area contributed by atoms with Crippen molar-refractivity contribution in [1.82, 2.24) is 4.98 Å². The van der Waals surface area contributed by atoms with Gasteiger partial charge in [-0.3, -0.25) is 24.0 Å². The number of hydrazone groups is 2.